The molecule has 0 saturated carbocycles. The van der Waals surface area contributed by atoms with Crippen LogP contribution in [-0.4, -0.2) is 40.3 Å². The van der Waals surface area contributed by atoms with Crippen molar-refractivity contribution in [3.8, 4) is 5.69 Å². The lowest BCUT2D eigenvalue weighted by molar-refractivity contribution is 0.0827. The number of aryl methyl sites for hydroxylation is 1. The molecule has 0 spiro atoms. The second-order valence-electron chi connectivity index (χ2n) is 7.36. The number of nitrogens with one attached hydrogen (secondary N) is 2. The number of nitrogens with zero attached hydrogens (tertiary/aromatic N) is 4. The number of carbonyl (C=O) groups is 1. The fraction of sp³-hybridized carbons (Fsp3) is 0.182. The van der Waals surface area contributed by atoms with E-state index >= 15 is 0 Å². The molecule has 33 heavy (non-hydrogen) atoms. The molecule has 0 aliphatic carbocycles. The fourth-order valence-electron chi connectivity index (χ4n) is 3.10. The van der Waals surface area contributed by atoms with Gasteiger partial charge in [0.25, 0.3) is 11.5 Å². The molecule has 1 aromatic heterocycles. The Labute approximate surface area is 189 Å². The van der Waals surface area contributed by atoms with Gasteiger partial charge in [0.05, 0.1) is 5.69 Å². The van der Waals surface area contributed by atoms with Crippen molar-refractivity contribution in [1.29, 1.82) is 0 Å². The number of hydrazine groups is 1. The van der Waals surface area contributed by atoms with Gasteiger partial charge in [-0.25, -0.2) is 15.2 Å². The maximum absolute atomic E-state index is 14.3. The van der Waals surface area contributed by atoms with Gasteiger partial charge < -0.3 is 21.5 Å². The Balaban J connectivity index is 1.84. The summed E-state index contributed by atoms with van der Waals surface area (Å²) >= 11 is 0. The second kappa shape index (κ2) is 10.4. The molecule has 0 atom stereocenters. The number of hydrazone groups is 1. The first kappa shape index (κ1) is 23.4. The van der Waals surface area contributed by atoms with Gasteiger partial charge in [0.1, 0.15) is 11.7 Å². The van der Waals surface area contributed by atoms with E-state index in [9.17, 15) is 14.0 Å². The first-order valence-corrected chi connectivity index (χ1v) is 10.0. The van der Waals surface area contributed by atoms with E-state index in [2.05, 4.69) is 20.8 Å². The molecule has 0 bridgehead atoms. The van der Waals surface area contributed by atoms with Gasteiger partial charge in [-0.3, -0.25) is 14.2 Å². The smallest absolute Gasteiger partial charge is 0.298 e. The highest BCUT2D eigenvalue weighted by Gasteiger charge is 2.14. The van der Waals surface area contributed by atoms with Crippen molar-refractivity contribution in [3.05, 3.63) is 82.2 Å². The number of halogens is 1. The van der Waals surface area contributed by atoms with Crippen molar-refractivity contribution >= 4 is 23.2 Å². The Morgan fingerprint density at radius 3 is 2.58 bits per heavy atom. The second-order valence-corrected chi connectivity index (χ2v) is 7.36. The van der Waals surface area contributed by atoms with Crippen LogP contribution in [0.15, 0.2) is 64.8 Å². The lowest BCUT2D eigenvalue weighted by atomic mass is 10.1. The number of amides is 1. The molecule has 3 aromatic rings. The molecule has 0 aliphatic rings. The number of aromatic nitrogens is 2. The first-order chi connectivity index (χ1) is 15.8. The lowest BCUT2D eigenvalue weighted by Gasteiger charge is -2.13. The van der Waals surface area contributed by atoms with Crippen LogP contribution in [0.25, 0.3) is 5.69 Å². The van der Waals surface area contributed by atoms with Crippen LogP contribution in [0.3, 0.4) is 0 Å². The van der Waals surface area contributed by atoms with Gasteiger partial charge in [0, 0.05) is 44.2 Å². The van der Waals surface area contributed by atoms with Crippen molar-refractivity contribution in [2.75, 3.05) is 19.4 Å². The molecule has 2 aromatic carbocycles. The summed E-state index contributed by atoms with van der Waals surface area (Å²) in [6.45, 7) is 0. The molecule has 1 heterocycles. The highest BCUT2D eigenvalue weighted by molar-refractivity contribution is 5.95. The minimum absolute atomic E-state index is 0.0220. The number of hydrogen-bond acceptors (Lipinski definition) is 7. The summed E-state index contributed by atoms with van der Waals surface area (Å²) < 4.78 is 15.7. The van der Waals surface area contributed by atoms with E-state index in [1.165, 1.54) is 40.1 Å². The third-order valence-corrected chi connectivity index (χ3v) is 4.90. The summed E-state index contributed by atoms with van der Waals surface area (Å²) in [5, 5.41) is 6.25. The Hall–Kier alpha value is -4.25. The molecule has 3 rings (SSSR count). The Morgan fingerprint density at radius 2 is 1.94 bits per heavy atom. The normalized spacial score (nSPS) is 11.2. The lowest BCUT2D eigenvalue weighted by Crippen LogP contribution is -2.31. The summed E-state index contributed by atoms with van der Waals surface area (Å²) in [6.07, 6.45) is 4.14. The summed E-state index contributed by atoms with van der Waals surface area (Å²) in [5.41, 5.74) is 3.82. The van der Waals surface area contributed by atoms with Gasteiger partial charge in [0.2, 0.25) is 0 Å². The minimum Gasteiger partial charge on any atom is -0.345 e. The number of rotatable bonds is 7. The predicted octanol–water partition coefficient (Wildman–Crippen LogP) is 1.49. The Morgan fingerprint density at radius 1 is 1.21 bits per heavy atom. The van der Waals surface area contributed by atoms with Crippen LogP contribution in [0.4, 0.5) is 15.9 Å². The molecule has 6 N–H and O–H groups in total. The third kappa shape index (κ3) is 5.52. The highest BCUT2D eigenvalue weighted by atomic mass is 19.1. The molecule has 0 aliphatic heterocycles. The summed E-state index contributed by atoms with van der Waals surface area (Å²) in [6, 6.07) is 11.2. The van der Waals surface area contributed by atoms with Crippen molar-refractivity contribution in [2.45, 2.75) is 12.8 Å². The van der Waals surface area contributed by atoms with E-state index in [1.807, 2.05) is 12.1 Å². The van der Waals surface area contributed by atoms with Crippen LogP contribution in [0.1, 0.15) is 22.3 Å². The van der Waals surface area contributed by atoms with Crippen molar-refractivity contribution in [1.82, 2.24) is 19.9 Å². The van der Waals surface area contributed by atoms with Crippen LogP contribution in [0, 0.1) is 5.82 Å². The number of anilines is 2. The van der Waals surface area contributed by atoms with Crippen molar-refractivity contribution < 1.29 is 9.18 Å². The average Bonchev–Trinajstić information content (AvgIpc) is 2.82. The Kier molecular flexibility index (Phi) is 7.36. The SMILES string of the molecule is CN(C)C(=O)c1ccc(F)c(Nc2nccn(-c3ccc(CC/C(=N/N)NN)cc3)c2=O)c1. The van der Waals surface area contributed by atoms with Crippen LogP contribution < -0.4 is 28.0 Å². The molecule has 0 saturated heterocycles. The maximum atomic E-state index is 14.3. The predicted molar refractivity (Wildman–Crippen MR) is 125 cm³/mol. The zero-order valence-electron chi connectivity index (χ0n) is 18.2. The molecule has 10 nitrogen and oxygen atoms in total. The summed E-state index contributed by atoms with van der Waals surface area (Å²) in [4.78, 5) is 30.6. The van der Waals surface area contributed by atoms with Crippen LogP contribution in [0.2, 0.25) is 0 Å². The van der Waals surface area contributed by atoms with Gasteiger partial charge in [-0.05, 0) is 42.3 Å². The van der Waals surface area contributed by atoms with E-state index in [1.54, 1.807) is 26.2 Å². The first-order valence-electron chi connectivity index (χ1n) is 10.0. The van der Waals surface area contributed by atoms with Crippen molar-refractivity contribution in [3.63, 3.8) is 0 Å². The quantitative estimate of drug-likeness (QED) is 0.184. The largest absolute Gasteiger partial charge is 0.345 e. The summed E-state index contributed by atoms with van der Waals surface area (Å²) in [5.74, 6) is 10.1. The van der Waals surface area contributed by atoms with Gasteiger partial charge in [0.15, 0.2) is 5.82 Å². The van der Waals surface area contributed by atoms with E-state index in [0.29, 0.717) is 24.4 Å². The number of amidine groups is 1. The third-order valence-electron chi connectivity index (χ3n) is 4.90. The number of benzene rings is 2. The highest BCUT2D eigenvalue weighted by Crippen LogP contribution is 2.20. The number of carbonyl (C=O) groups excluding carboxylic acids is 1. The standard InChI is InChI=1S/C22H25FN8O2/c1-30(2)21(32)15-6-9-17(23)18(13-15)27-20-22(33)31(12-11-26-20)16-7-3-14(4-8-16)5-10-19(28-24)29-25/h3-4,6-9,11-13H,5,10,24-25H2,1-2H3,(H,26,27)(H,28,29). The van der Waals surface area contributed by atoms with Gasteiger partial charge in [-0.15, -0.1) is 0 Å². The molecule has 0 radical (unpaired) electrons. The van der Waals surface area contributed by atoms with E-state index < -0.39 is 11.4 Å². The molecule has 172 valence electrons. The monoisotopic (exact) mass is 452 g/mol. The van der Waals surface area contributed by atoms with E-state index in [4.69, 9.17) is 11.7 Å². The van der Waals surface area contributed by atoms with Crippen molar-refractivity contribution in [2.24, 2.45) is 16.8 Å². The zero-order valence-corrected chi connectivity index (χ0v) is 18.2. The van der Waals surface area contributed by atoms with Crippen LogP contribution >= 0.6 is 0 Å². The maximum Gasteiger partial charge on any atom is 0.298 e. The molecule has 1 amide bonds. The van der Waals surface area contributed by atoms with E-state index in [-0.39, 0.29) is 23.0 Å². The Bertz CT molecular complexity index is 1220. The minimum atomic E-state index is -0.612. The van der Waals surface area contributed by atoms with Gasteiger partial charge in [-0.1, -0.05) is 12.1 Å². The van der Waals surface area contributed by atoms with Gasteiger partial charge in [-0.2, -0.15) is 5.10 Å². The number of nitrogens with two attached hydrogens (primary N) is 2. The number of hydrogen-bond donors (Lipinski definition) is 4. The summed E-state index contributed by atoms with van der Waals surface area (Å²) in [7, 11) is 3.20. The fourth-order valence-corrected chi connectivity index (χ4v) is 3.10. The molecule has 0 fully saturated rings. The van der Waals surface area contributed by atoms with Crippen LogP contribution in [0.5, 0.6) is 0 Å². The van der Waals surface area contributed by atoms with E-state index in [0.717, 1.165) is 5.56 Å². The molecule has 11 heteroatoms. The zero-order chi connectivity index (χ0) is 24.0. The van der Waals surface area contributed by atoms with Gasteiger partial charge >= 0.3 is 0 Å². The van der Waals surface area contributed by atoms with Crippen LogP contribution in [-0.2, 0) is 6.42 Å². The average molecular weight is 452 g/mol. The molecular formula is C22H25FN8O2. The molecular weight excluding hydrogens is 427 g/mol. The topological polar surface area (TPSA) is 144 Å². The molecule has 0 unspecified atom stereocenters.